The minimum Gasteiger partial charge on any atom is -0.320 e. The topological polar surface area (TPSA) is 77.6 Å². The van der Waals surface area contributed by atoms with Gasteiger partial charge in [0.25, 0.3) is 5.91 Å². The first-order valence-corrected chi connectivity index (χ1v) is 9.00. The Morgan fingerprint density at radius 1 is 1.07 bits per heavy atom. The maximum atomic E-state index is 12.8. The van der Waals surface area contributed by atoms with Crippen LogP contribution in [0.3, 0.4) is 0 Å². The summed E-state index contributed by atoms with van der Waals surface area (Å²) in [5, 5.41) is 11.5. The van der Waals surface area contributed by atoms with Crippen LogP contribution in [0.15, 0.2) is 71.7 Å². The Balaban J connectivity index is 1.64. The van der Waals surface area contributed by atoms with E-state index in [1.54, 1.807) is 28.0 Å². The molecule has 4 rings (SSSR count). The lowest BCUT2D eigenvalue weighted by molar-refractivity contribution is 0.102. The van der Waals surface area contributed by atoms with Gasteiger partial charge in [0.1, 0.15) is 0 Å². The molecule has 1 amide bonds. The number of para-hydroxylation sites is 2. The fourth-order valence-electron chi connectivity index (χ4n) is 2.74. The van der Waals surface area contributed by atoms with E-state index in [0.29, 0.717) is 22.8 Å². The maximum absolute atomic E-state index is 12.8. The van der Waals surface area contributed by atoms with E-state index in [2.05, 4.69) is 36.4 Å². The average Bonchev–Trinajstić information content (AvgIpc) is 3.28. The number of carbonyl (C=O) groups is 1. The molecule has 0 bridgehead atoms. The molecule has 0 saturated carbocycles. The monoisotopic (exact) mass is 422 g/mol. The average molecular weight is 423 g/mol. The Morgan fingerprint density at radius 3 is 2.63 bits per heavy atom. The second kappa shape index (κ2) is 7.16. The van der Waals surface area contributed by atoms with Crippen LogP contribution in [0, 0.1) is 6.92 Å². The predicted molar refractivity (Wildman–Crippen MR) is 105 cm³/mol. The molecule has 0 fully saturated rings. The van der Waals surface area contributed by atoms with Crippen LogP contribution in [0.25, 0.3) is 11.5 Å². The van der Waals surface area contributed by atoms with Gasteiger partial charge in [-0.15, -0.1) is 0 Å². The summed E-state index contributed by atoms with van der Waals surface area (Å²) >= 11 is 3.39. The molecule has 134 valence electrons. The fourth-order valence-corrected chi connectivity index (χ4v) is 3.03. The summed E-state index contributed by atoms with van der Waals surface area (Å²) in [5.41, 5.74) is 2.62. The smallest absolute Gasteiger partial charge is 0.259 e. The highest BCUT2D eigenvalue weighted by molar-refractivity contribution is 9.10. The second-order valence-corrected chi connectivity index (χ2v) is 6.73. The SMILES string of the molecule is Cc1c(C(=O)Nc2ccccc2-n2cc(Br)cn2)cnn1-c1ccccn1. The van der Waals surface area contributed by atoms with E-state index in [-0.39, 0.29) is 5.91 Å². The normalized spacial score (nSPS) is 10.7. The molecule has 0 unspecified atom stereocenters. The number of nitrogens with one attached hydrogen (secondary N) is 1. The van der Waals surface area contributed by atoms with Gasteiger partial charge in [-0.25, -0.2) is 14.3 Å². The van der Waals surface area contributed by atoms with Crippen molar-refractivity contribution in [3.8, 4) is 11.5 Å². The number of pyridine rings is 1. The highest BCUT2D eigenvalue weighted by Gasteiger charge is 2.17. The molecular weight excluding hydrogens is 408 g/mol. The lowest BCUT2D eigenvalue weighted by atomic mass is 10.2. The highest BCUT2D eigenvalue weighted by Crippen LogP contribution is 2.22. The van der Waals surface area contributed by atoms with Crippen molar-refractivity contribution < 1.29 is 4.79 Å². The van der Waals surface area contributed by atoms with Crippen molar-refractivity contribution in [3.05, 3.63) is 83.0 Å². The number of amides is 1. The Kier molecular flexibility index (Phi) is 4.55. The van der Waals surface area contributed by atoms with Crippen LogP contribution in [0.2, 0.25) is 0 Å². The predicted octanol–water partition coefficient (Wildman–Crippen LogP) is 3.78. The van der Waals surface area contributed by atoms with E-state index < -0.39 is 0 Å². The number of nitrogens with zero attached hydrogens (tertiary/aromatic N) is 5. The number of rotatable bonds is 4. The van der Waals surface area contributed by atoms with E-state index >= 15 is 0 Å². The molecule has 0 aliphatic rings. The maximum Gasteiger partial charge on any atom is 0.259 e. The van der Waals surface area contributed by atoms with Crippen LogP contribution in [0.4, 0.5) is 5.69 Å². The second-order valence-electron chi connectivity index (χ2n) is 5.82. The molecule has 0 aliphatic heterocycles. The lowest BCUT2D eigenvalue weighted by Gasteiger charge is -2.11. The van der Waals surface area contributed by atoms with Crippen LogP contribution >= 0.6 is 15.9 Å². The zero-order valence-corrected chi connectivity index (χ0v) is 16.0. The van der Waals surface area contributed by atoms with Gasteiger partial charge < -0.3 is 5.32 Å². The molecule has 1 aromatic carbocycles. The highest BCUT2D eigenvalue weighted by atomic mass is 79.9. The van der Waals surface area contributed by atoms with Crippen LogP contribution < -0.4 is 5.32 Å². The Labute approximate surface area is 163 Å². The summed E-state index contributed by atoms with van der Waals surface area (Å²) in [6.45, 7) is 1.84. The zero-order valence-electron chi connectivity index (χ0n) is 14.4. The van der Waals surface area contributed by atoms with Crippen LogP contribution in [0.1, 0.15) is 16.1 Å². The van der Waals surface area contributed by atoms with Gasteiger partial charge in [-0.3, -0.25) is 4.79 Å². The third-order valence-corrected chi connectivity index (χ3v) is 4.48. The third-order valence-electron chi connectivity index (χ3n) is 4.07. The minimum atomic E-state index is -0.242. The first kappa shape index (κ1) is 17.2. The Bertz CT molecular complexity index is 1100. The van der Waals surface area contributed by atoms with Crippen molar-refractivity contribution in [3.63, 3.8) is 0 Å². The van der Waals surface area contributed by atoms with Gasteiger partial charge in [-0.05, 0) is 47.1 Å². The van der Waals surface area contributed by atoms with E-state index in [0.717, 1.165) is 10.2 Å². The van der Waals surface area contributed by atoms with Crippen molar-refractivity contribution in [1.29, 1.82) is 0 Å². The molecule has 1 N–H and O–H groups in total. The Hall–Kier alpha value is -3.26. The third kappa shape index (κ3) is 3.39. The number of hydrogen-bond acceptors (Lipinski definition) is 4. The van der Waals surface area contributed by atoms with Gasteiger partial charge in [-0.1, -0.05) is 18.2 Å². The molecular formula is C19H15BrN6O. The number of hydrogen-bond donors (Lipinski definition) is 1. The first-order chi connectivity index (χ1) is 13.1. The fraction of sp³-hybridized carbons (Fsp3) is 0.0526. The molecule has 0 radical (unpaired) electrons. The van der Waals surface area contributed by atoms with Crippen LogP contribution in [0.5, 0.6) is 0 Å². The summed E-state index contributed by atoms with van der Waals surface area (Å²) in [6.07, 6.45) is 6.76. The summed E-state index contributed by atoms with van der Waals surface area (Å²) in [5.74, 6) is 0.421. The van der Waals surface area contributed by atoms with E-state index in [1.807, 2.05) is 55.6 Å². The summed E-state index contributed by atoms with van der Waals surface area (Å²) in [7, 11) is 0. The molecule has 3 heterocycles. The van der Waals surface area contributed by atoms with Gasteiger partial charge in [-0.2, -0.15) is 10.2 Å². The molecule has 7 nitrogen and oxygen atoms in total. The van der Waals surface area contributed by atoms with Crippen molar-refractivity contribution in [2.24, 2.45) is 0 Å². The number of carbonyl (C=O) groups excluding carboxylic acids is 1. The zero-order chi connectivity index (χ0) is 18.8. The first-order valence-electron chi connectivity index (χ1n) is 8.20. The van der Waals surface area contributed by atoms with Crippen LogP contribution in [-0.4, -0.2) is 30.5 Å². The summed E-state index contributed by atoms with van der Waals surface area (Å²) < 4.78 is 4.20. The van der Waals surface area contributed by atoms with Crippen molar-refractivity contribution in [2.75, 3.05) is 5.32 Å². The van der Waals surface area contributed by atoms with E-state index in [4.69, 9.17) is 0 Å². The molecule has 0 spiro atoms. The number of benzene rings is 1. The standard InChI is InChI=1S/C19H15BrN6O/c1-13-15(11-23-26(13)18-8-4-5-9-21-18)19(27)24-16-6-2-3-7-17(16)25-12-14(20)10-22-25/h2-12H,1H3,(H,24,27). The molecule has 0 aliphatic carbocycles. The van der Waals surface area contributed by atoms with E-state index in [9.17, 15) is 4.79 Å². The number of aromatic nitrogens is 5. The van der Waals surface area contributed by atoms with Gasteiger partial charge in [0.15, 0.2) is 5.82 Å². The molecule has 8 heteroatoms. The minimum absolute atomic E-state index is 0.242. The molecule has 0 saturated heterocycles. The van der Waals surface area contributed by atoms with Crippen molar-refractivity contribution in [2.45, 2.75) is 6.92 Å². The van der Waals surface area contributed by atoms with Gasteiger partial charge in [0, 0.05) is 12.4 Å². The summed E-state index contributed by atoms with van der Waals surface area (Å²) in [4.78, 5) is 17.1. The molecule has 4 aromatic rings. The molecule has 0 atom stereocenters. The summed E-state index contributed by atoms with van der Waals surface area (Å²) in [6, 6.07) is 13.0. The number of halogens is 1. The van der Waals surface area contributed by atoms with E-state index in [1.165, 1.54) is 0 Å². The largest absolute Gasteiger partial charge is 0.320 e. The molecule has 27 heavy (non-hydrogen) atoms. The quantitative estimate of drug-likeness (QED) is 0.542. The lowest BCUT2D eigenvalue weighted by Crippen LogP contribution is -2.15. The van der Waals surface area contributed by atoms with Crippen molar-refractivity contribution >= 4 is 27.5 Å². The van der Waals surface area contributed by atoms with Crippen molar-refractivity contribution in [1.82, 2.24) is 24.5 Å². The van der Waals surface area contributed by atoms with Gasteiger partial charge >= 0.3 is 0 Å². The van der Waals surface area contributed by atoms with Crippen LogP contribution in [-0.2, 0) is 0 Å². The van der Waals surface area contributed by atoms with Gasteiger partial charge in [0.05, 0.1) is 39.5 Å². The number of anilines is 1. The Morgan fingerprint density at radius 2 is 1.89 bits per heavy atom. The molecule has 3 aromatic heterocycles. The van der Waals surface area contributed by atoms with Gasteiger partial charge in [0.2, 0.25) is 0 Å².